The van der Waals surface area contributed by atoms with Gasteiger partial charge in [0.05, 0.1) is 5.69 Å². The van der Waals surface area contributed by atoms with Gasteiger partial charge in [-0.2, -0.15) is 21.6 Å². The molecule has 0 saturated heterocycles. The van der Waals surface area contributed by atoms with Crippen molar-refractivity contribution in [1.82, 2.24) is 4.98 Å². The van der Waals surface area contributed by atoms with Crippen LogP contribution in [-0.4, -0.2) is 23.5 Å². The molecule has 0 bridgehead atoms. The third-order valence-electron chi connectivity index (χ3n) is 2.59. The fraction of sp³-hybridized carbons (Fsp3) is 0.214. The molecule has 2 rings (SSSR count). The number of halogens is 3. The minimum atomic E-state index is -5.84. The van der Waals surface area contributed by atoms with Gasteiger partial charge in [-0.25, -0.2) is 0 Å². The van der Waals surface area contributed by atoms with Gasteiger partial charge in [0.25, 0.3) is 0 Å². The van der Waals surface area contributed by atoms with E-state index in [1.54, 1.807) is 0 Å². The van der Waals surface area contributed by atoms with Crippen LogP contribution in [0.2, 0.25) is 0 Å². The molecule has 0 spiro atoms. The van der Waals surface area contributed by atoms with Crippen molar-refractivity contribution in [3.63, 3.8) is 0 Å². The van der Waals surface area contributed by atoms with Crippen molar-refractivity contribution >= 4 is 10.1 Å². The zero-order valence-electron chi connectivity index (χ0n) is 11.9. The van der Waals surface area contributed by atoms with E-state index in [4.69, 9.17) is 13.0 Å². The second-order valence-electron chi connectivity index (χ2n) is 4.19. The molecular weight excluding hydrogens is 511 g/mol. The Morgan fingerprint density at radius 2 is 1.65 bits per heavy atom. The third-order valence-corrected chi connectivity index (χ3v) is 3.18. The summed E-state index contributed by atoms with van der Waals surface area (Å²) < 4.78 is 57.5. The fourth-order valence-electron chi connectivity index (χ4n) is 1.46. The van der Waals surface area contributed by atoms with E-state index < -0.39 is 15.6 Å². The van der Waals surface area contributed by atoms with Crippen LogP contribution in [0.25, 0.3) is 11.3 Å². The summed E-state index contributed by atoms with van der Waals surface area (Å²) in [7, 11) is -5.84. The zero-order chi connectivity index (χ0) is 16.8. The number of pyridine rings is 1. The van der Waals surface area contributed by atoms with Gasteiger partial charge in [-0.15, -0.1) is 0 Å². The first kappa shape index (κ1) is 21.7. The van der Waals surface area contributed by atoms with Crippen LogP contribution in [0.5, 0.6) is 0 Å². The number of hydrogen-bond donors (Lipinski definition) is 1. The van der Waals surface area contributed by atoms with E-state index in [1.165, 1.54) is 11.1 Å². The molecule has 1 N–H and O–H groups in total. The maximum absolute atomic E-state index is 10.7. The first-order valence-electron chi connectivity index (χ1n) is 6.19. The van der Waals surface area contributed by atoms with Crippen molar-refractivity contribution in [2.24, 2.45) is 0 Å². The number of hydrogen-bond acceptors (Lipinski definition) is 3. The number of aryl methyl sites for hydroxylation is 1. The van der Waals surface area contributed by atoms with E-state index >= 15 is 0 Å². The summed E-state index contributed by atoms with van der Waals surface area (Å²) in [6.45, 7) is 2.16. The summed E-state index contributed by atoms with van der Waals surface area (Å²) in [5.41, 5.74) is -1.96. The summed E-state index contributed by atoms with van der Waals surface area (Å²) in [4.78, 5) is 4.36. The van der Waals surface area contributed by atoms with Gasteiger partial charge < -0.3 is 0 Å². The van der Waals surface area contributed by atoms with Crippen LogP contribution in [0.3, 0.4) is 0 Å². The summed E-state index contributed by atoms with van der Waals surface area (Å²) in [6, 6.07) is 14.5. The van der Waals surface area contributed by atoms with Crippen molar-refractivity contribution in [1.29, 1.82) is 0 Å². The average molecular weight is 526 g/mol. The molecule has 2 aromatic rings. The van der Waals surface area contributed by atoms with Gasteiger partial charge in [0.15, 0.2) is 0 Å². The molecule has 0 fully saturated rings. The first-order chi connectivity index (χ1) is 10.1. The fourth-order valence-corrected chi connectivity index (χ4v) is 1.46. The molecule has 0 aliphatic carbocycles. The van der Waals surface area contributed by atoms with Crippen LogP contribution < -0.4 is 0 Å². The third kappa shape index (κ3) is 7.22. The van der Waals surface area contributed by atoms with E-state index in [0.717, 1.165) is 12.1 Å². The molecule has 0 unspecified atom stereocenters. The Balaban J connectivity index is 0.000000469. The van der Waals surface area contributed by atoms with Crippen molar-refractivity contribution in [2.45, 2.75) is 18.9 Å². The molecule has 0 atom stereocenters. The van der Waals surface area contributed by atoms with Gasteiger partial charge in [-0.1, -0.05) is 37.3 Å². The smallest absolute Gasteiger partial charge is 0.279 e. The van der Waals surface area contributed by atoms with Gasteiger partial charge in [0, 0.05) is 31.9 Å². The molecule has 9 heteroatoms. The van der Waals surface area contributed by atoms with Crippen molar-refractivity contribution in [2.75, 3.05) is 0 Å². The Labute approximate surface area is 145 Å². The van der Waals surface area contributed by atoms with Crippen LogP contribution in [0.4, 0.5) is 13.2 Å². The predicted octanol–water partition coefficient (Wildman–Crippen LogP) is 3.70. The zero-order valence-corrected chi connectivity index (χ0v) is 15.1. The average Bonchev–Trinajstić information content (AvgIpc) is 2.47. The summed E-state index contributed by atoms with van der Waals surface area (Å²) in [5, 5.41) is 0. The Morgan fingerprint density at radius 3 is 2.09 bits per heavy atom. The van der Waals surface area contributed by atoms with E-state index in [9.17, 15) is 13.2 Å². The van der Waals surface area contributed by atoms with Crippen molar-refractivity contribution < 1.29 is 46.2 Å². The summed E-state index contributed by atoms with van der Waals surface area (Å²) >= 11 is 0. The van der Waals surface area contributed by atoms with Crippen LogP contribution >= 0.6 is 0 Å². The Hall–Kier alpha value is -1.28. The van der Waals surface area contributed by atoms with E-state index in [2.05, 4.69) is 36.2 Å². The largest absolute Gasteiger partial charge is 0.522 e. The second kappa shape index (κ2) is 9.12. The summed E-state index contributed by atoms with van der Waals surface area (Å²) in [5.74, 6) is 0. The van der Waals surface area contributed by atoms with Crippen LogP contribution in [0, 0.1) is 0 Å². The van der Waals surface area contributed by atoms with Crippen LogP contribution in [-0.2, 0) is 36.6 Å². The molecular formula is C14H14F3IrNO3S. The Morgan fingerprint density at radius 1 is 1.13 bits per heavy atom. The van der Waals surface area contributed by atoms with Gasteiger partial charge in [-0.05, 0) is 24.1 Å². The molecule has 0 aliphatic rings. The van der Waals surface area contributed by atoms with Crippen molar-refractivity contribution in [3.05, 3.63) is 54.2 Å². The topological polar surface area (TPSA) is 67.3 Å². The molecule has 1 aromatic heterocycles. The number of rotatable bonds is 2. The van der Waals surface area contributed by atoms with Crippen LogP contribution in [0.15, 0.2) is 48.7 Å². The number of alkyl halides is 3. The SMILES string of the molecule is CCc1ccnc(-c2ccccc2)c1.O=S(=O)(O)C(F)(F)F.[Ir]. The molecule has 23 heavy (non-hydrogen) atoms. The number of nitrogens with zero attached hydrogens (tertiary/aromatic N) is 1. The van der Waals surface area contributed by atoms with Gasteiger partial charge in [0.2, 0.25) is 0 Å². The molecule has 4 nitrogen and oxygen atoms in total. The quantitative estimate of drug-likeness (QED) is 0.480. The maximum atomic E-state index is 10.7. The molecule has 0 amide bonds. The Kier molecular flexibility index (Phi) is 8.61. The standard InChI is InChI=1S/C13H13N.CHF3O3S.Ir/c1-2-11-8-9-14-13(10-11)12-6-4-3-5-7-12;2-1(3,4)8(5,6)7;/h3-10H,2H2,1H3;(H,5,6,7);. The molecule has 1 heterocycles. The first-order valence-corrected chi connectivity index (χ1v) is 7.63. The number of benzene rings is 1. The molecule has 1 radical (unpaired) electrons. The van der Waals surface area contributed by atoms with Gasteiger partial charge in [-0.3, -0.25) is 9.54 Å². The second-order valence-corrected chi connectivity index (χ2v) is 5.60. The predicted molar refractivity (Wildman–Crippen MR) is 76.7 cm³/mol. The van der Waals surface area contributed by atoms with Crippen molar-refractivity contribution in [3.8, 4) is 11.3 Å². The van der Waals surface area contributed by atoms with E-state index in [-0.39, 0.29) is 20.1 Å². The van der Waals surface area contributed by atoms with E-state index in [1.807, 2.05) is 24.4 Å². The van der Waals surface area contributed by atoms with Crippen LogP contribution in [0.1, 0.15) is 12.5 Å². The van der Waals surface area contributed by atoms with Gasteiger partial charge in [0.1, 0.15) is 0 Å². The Bertz CT molecular complexity index is 707. The molecule has 129 valence electrons. The monoisotopic (exact) mass is 526 g/mol. The maximum Gasteiger partial charge on any atom is 0.522 e. The molecule has 0 saturated carbocycles. The minimum absolute atomic E-state index is 0. The summed E-state index contributed by atoms with van der Waals surface area (Å²) in [6.07, 6.45) is 2.93. The van der Waals surface area contributed by atoms with E-state index in [0.29, 0.717) is 0 Å². The number of aromatic nitrogens is 1. The normalized spacial score (nSPS) is 11.0. The molecule has 1 aromatic carbocycles. The molecule has 0 aliphatic heterocycles. The van der Waals surface area contributed by atoms with Gasteiger partial charge >= 0.3 is 15.6 Å². The minimum Gasteiger partial charge on any atom is -0.279 e.